The van der Waals surface area contributed by atoms with Gasteiger partial charge in [0.15, 0.2) is 23.4 Å². The van der Waals surface area contributed by atoms with Crippen molar-refractivity contribution in [2.24, 2.45) is 0 Å². The monoisotopic (exact) mass is 1310 g/mol. The summed E-state index contributed by atoms with van der Waals surface area (Å²) in [5.74, 6) is -5.09. The Kier molecular flexibility index (Phi) is 21.1. The van der Waals surface area contributed by atoms with Crippen LogP contribution in [0.4, 0.5) is 27.6 Å². The summed E-state index contributed by atoms with van der Waals surface area (Å²) in [5.41, 5.74) is 5.30. The number of carbonyl (C=O) groups is 3. The molecule has 0 saturated carbocycles. The van der Waals surface area contributed by atoms with Crippen LogP contribution in [-0.2, 0) is 34.5 Å². The van der Waals surface area contributed by atoms with Gasteiger partial charge in [-0.25, -0.2) is 31.5 Å². The fourth-order valence-corrected chi connectivity index (χ4v) is 10.6. The molecule has 9 aromatic carbocycles. The fourth-order valence-electron chi connectivity index (χ4n) is 9.23. The summed E-state index contributed by atoms with van der Waals surface area (Å²) >= 11 is 0. The number of aliphatic hydroxyl groups excluding tert-OH is 3. The molecule has 5 unspecified atom stereocenters. The van der Waals surface area contributed by atoms with E-state index in [1.807, 2.05) is 0 Å². The molecule has 480 valence electrons. The van der Waals surface area contributed by atoms with Crippen molar-refractivity contribution in [1.82, 2.24) is 10.3 Å². The maximum Gasteiger partial charge on any atom is 0.449 e. The third kappa shape index (κ3) is 16.3. The minimum Gasteiger partial charge on any atom is -0.507 e. The molecule has 21 nitrogen and oxygen atoms in total. The summed E-state index contributed by atoms with van der Waals surface area (Å²) in [7, 11) is -8.82. The predicted molar refractivity (Wildman–Crippen MR) is 326 cm³/mol. The van der Waals surface area contributed by atoms with Gasteiger partial charge in [0, 0.05) is 48.7 Å². The molecule has 10 aromatic rings. The molecule has 3 heterocycles. The van der Waals surface area contributed by atoms with Crippen molar-refractivity contribution < 1.29 is 105 Å². The first-order chi connectivity index (χ1) is 43.4. The molecule has 1 fully saturated rings. The number of amides is 1. The van der Waals surface area contributed by atoms with E-state index in [4.69, 9.17) is 33.2 Å². The number of anilines is 1. The number of nitrogens with zero attached hydrogens (tertiary/aromatic N) is 1. The zero-order valence-electron chi connectivity index (χ0n) is 48.2. The van der Waals surface area contributed by atoms with E-state index >= 15 is 0 Å². The van der Waals surface area contributed by atoms with Gasteiger partial charge in [-0.15, -0.1) is 0 Å². The minimum absolute atomic E-state index is 0.0122. The highest BCUT2D eigenvalue weighted by Gasteiger charge is 2.48. The van der Waals surface area contributed by atoms with Crippen LogP contribution in [0, 0.1) is 29.2 Å². The summed E-state index contributed by atoms with van der Waals surface area (Å²) in [6.45, 7) is 4.54. The van der Waals surface area contributed by atoms with Crippen LogP contribution in [0.2, 0.25) is 0 Å². The van der Waals surface area contributed by atoms with Gasteiger partial charge in [0.05, 0.1) is 34.7 Å². The standard InChI is InChI=1S/C16H15FO7.C14H10FN3O2.C14H15FO4S.C10H7FO4S.C10H7FO/c17-9-5-6-10(8-4-2-1-3-7(8)9)23-16-13(20)11(18)12(19)14(24-16)15(21)22;15-13-9-8(19)6-17-14(20)10(9)11(16)12(18-13)7-4-2-1-3-5-7;1-14(2,3)19-20(16,17)18-13-9-8-12(15)10-6-4-5-7-11(10)13;11-9-5-6-10(15-16(12,13)14)8-4-2-1-3-7(8)9;11-9-5-6-10(12)8-4-2-1-3-7(8)9/h1-6,11-14,16,18-20H,(H,21,22);1-5H,6,16H2,(H,17,20);4-9H,1-3H3;1-6H,(H,12,13,14);1-6,12H/i17-1;2*15-1;2*11-1. The molecular formula is C64H54F5N3O18S2. The number of pyridine rings is 1. The van der Waals surface area contributed by atoms with Gasteiger partial charge in [0.1, 0.15) is 53.1 Å². The minimum atomic E-state index is -4.60. The number of carboxylic acids is 1. The highest BCUT2D eigenvalue weighted by Crippen LogP contribution is 2.35. The van der Waals surface area contributed by atoms with Crippen molar-refractivity contribution >= 4 is 87.2 Å². The second-order valence-corrected chi connectivity index (χ2v) is 23.0. The number of hydrogen-bond acceptors (Lipinski definition) is 18. The number of phenols is 1. The van der Waals surface area contributed by atoms with Crippen molar-refractivity contribution in [3.05, 3.63) is 216 Å². The number of aliphatic hydroxyl groups is 3. The lowest BCUT2D eigenvalue weighted by Gasteiger charge is -2.38. The zero-order valence-corrected chi connectivity index (χ0v) is 49.8. The van der Waals surface area contributed by atoms with Gasteiger partial charge in [-0.2, -0.15) is 21.2 Å². The number of carboxylic acid groups (broad SMARTS) is 1. The number of aromatic hydroxyl groups is 1. The van der Waals surface area contributed by atoms with Crippen LogP contribution in [0.5, 0.6) is 23.0 Å². The van der Waals surface area contributed by atoms with Crippen molar-refractivity contribution in [2.45, 2.75) is 57.1 Å². The number of Topliss-reactive ketones (excluding diaryl/α,β-unsaturated/α-hetero) is 1. The molecule has 92 heavy (non-hydrogen) atoms. The zero-order chi connectivity index (χ0) is 67.0. The smallest absolute Gasteiger partial charge is 0.449 e. The number of aliphatic carboxylic acids is 1. The summed E-state index contributed by atoms with van der Waals surface area (Å²) in [6, 6.07) is 44.4. The van der Waals surface area contributed by atoms with E-state index in [0.29, 0.717) is 27.1 Å². The highest BCUT2D eigenvalue weighted by molar-refractivity contribution is 7.82. The van der Waals surface area contributed by atoms with E-state index in [0.717, 1.165) is 24.3 Å². The van der Waals surface area contributed by atoms with Gasteiger partial charge in [0.25, 0.3) is 5.91 Å². The van der Waals surface area contributed by atoms with Crippen molar-refractivity contribution in [3.63, 3.8) is 0 Å². The molecule has 0 radical (unpaired) electrons. The van der Waals surface area contributed by atoms with E-state index in [-0.39, 0.29) is 79.4 Å². The third-order valence-corrected chi connectivity index (χ3v) is 14.8. The number of phenolic OH excluding ortho intramolecular Hbond substituents is 1. The number of fused-ring (bicyclic) bond motifs is 5. The normalized spacial score (nSPS) is 17.0. The van der Waals surface area contributed by atoms with Gasteiger partial charge in [-0.05, 0) is 69.3 Å². The van der Waals surface area contributed by atoms with Gasteiger partial charge >= 0.3 is 26.8 Å². The molecule has 1 amide bonds. The molecule has 5 atom stereocenters. The van der Waals surface area contributed by atoms with Gasteiger partial charge in [-0.3, -0.25) is 14.1 Å². The van der Waals surface area contributed by atoms with E-state index in [1.165, 1.54) is 42.5 Å². The number of ketones is 1. The molecule has 1 aromatic heterocycles. The average Bonchev–Trinajstić information content (AvgIpc) is 0.776. The molecule has 1 saturated heterocycles. The molecule has 9 N–H and O–H groups in total. The van der Waals surface area contributed by atoms with E-state index in [2.05, 4.69) is 14.5 Å². The van der Waals surface area contributed by atoms with E-state index < -0.39 is 98.2 Å². The lowest BCUT2D eigenvalue weighted by Crippen LogP contribution is -2.61. The Hall–Kier alpha value is -9.91. The van der Waals surface area contributed by atoms with Crippen molar-refractivity contribution in [1.29, 1.82) is 0 Å². The van der Waals surface area contributed by atoms with Gasteiger partial charge in [0.2, 0.25) is 12.2 Å². The van der Waals surface area contributed by atoms with E-state index in [9.17, 15) is 73.6 Å². The number of nitrogen functional groups attached to an aromatic ring is 1. The van der Waals surface area contributed by atoms with E-state index in [1.54, 1.807) is 130 Å². The maximum absolute atomic E-state index is 14.1. The number of nitrogens with one attached hydrogen (secondary N) is 1. The SMILES string of the molecule is CC(C)(C)OS(=O)(=O)Oc1ccc([18F])c2ccccc12.Nc1c(-c2ccccc2)nc([18F])c2c1C(=O)NCC2=O.O=C(O)C1OC(Oc2ccc([18F])c3ccccc23)C(O)C(O)C1O.O=S(=O)(O)Oc1ccc([18F])c2ccccc12.Oc1ccc([18F])c2ccccc12. The van der Waals surface area contributed by atoms with Gasteiger partial charge in [-0.1, -0.05) is 127 Å². The summed E-state index contributed by atoms with van der Waals surface area (Å²) in [4.78, 5) is 38.4. The largest absolute Gasteiger partial charge is 0.507 e. The highest BCUT2D eigenvalue weighted by atomic mass is 32.3. The molecule has 2 aliphatic rings. The number of aromatic nitrogens is 1. The summed E-state index contributed by atoms with van der Waals surface area (Å²) in [5, 5.41) is 53.0. The molecule has 0 aliphatic carbocycles. The predicted octanol–water partition coefficient (Wildman–Crippen LogP) is 9.91. The van der Waals surface area contributed by atoms with Crippen LogP contribution < -0.4 is 24.2 Å². The topological polar surface area (TPSA) is 338 Å². The Bertz CT molecular complexity index is 4600. The molecule has 2 aliphatic heterocycles. The number of benzene rings is 9. The van der Waals surface area contributed by atoms with Crippen LogP contribution in [-0.4, -0.2) is 112 Å². The summed E-state index contributed by atoms with van der Waals surface area (Å²) in [6.07, 6.45) is -8.56. The van der Waals surface area contributed by atoms with Crippen LogP contribution in [0.1, 0.15) is 41.5 Å². The second-order valence-electron chi connectivity index (χ2n) is 20.8. The fraction of sp³-hybridized carbons (Fsp3) is 0.156. The Balaban J connectivity index is 0.000000150. The average molecular weight is 1310 g/mol. The first-order valence-electron chi connectivity index (χ1n) is 27.1. The van der Waals surface area contributed by atoms with Crippen LogP contribution >= 0.6 is 0 Å². The van der Waals surface area contributed by atoms with Crippen molar-refractivity contribution in [2.75, 3.05) is 12.3 Å². The Labute approximate surface area is 520 Å². The van der Waals surface area contributed by atoms with Gasteiger partial charge < -0.3 is 54.4 Å². The number of hydrogen-bond donors (Lipinski definition) is 8. The summed E-state index contributed by atoms with van der Waals surface area (Å²) < 4.78 is 146. The molecule has 0 bridgehead atoms. The quantitative estimate of drug-likeness (QED) is 0.0378. The maximum atomic E-state index is 14.1. The molecule has 28 heteroatoms. The number of carbonyl (C=O) groups excluding carboxylic acids is 2. The van der Waals surface area contributed by atoms with Crippen LogP contribution in [0.3, 0.4) is 0 Å². The Morgan fingerprint density at radius 3 is 1.47 bits per heavy atom. The lowest BCUT2D eigenvalue weighted by atomic mass is 9.96. The number of halogens is 5. The lowest BCUT2D eigenvalue weighted by molar-refractivity contribution is -0.270. The molecule has 0 spiro atoms. The number of rotatable bonds is 9. The first kappa shape index (κ1) is 68.0. The number of ether oxygens (including phenoxy) is 2. The first-order valence-corrected chi connectivity index (χ1v) is 29.8. The van der Waals surface area contributed by atoms with Crippen molar-refractivity contribution in [3.8, 4) is 34.3 Å². The Morgan fingerprint density at radius 2 is 1.00 bits per heavy atom. The molecular weight excluding hydrogens is 1250 g/mol. The van der Waals surface area contributed by atoms with Crippen LogP contribution in [0.25, 0.3) is 54.3 Å². The molecule has 12 rings (SSSR count). The Morgan fingerprint density at radius 1 is 0.576 bits per heavy atom. The van der Waals surface area contributed by atoms with Crippen LogP contribution in [0.15, 0.2) is 176 Å². The number of nitrogens with two attached hydrogens (primary N) is 1. The third-order valence-electron chi connectivity index (χ3n) is 13.3. The second kappa shape index (κ2) is 28.5.